The molecule has 1 aliphatic heterocycles. The third-order valence-electron chi connectivity index (χ3n) is 3.44. The van der Waals surface area contributed by atoms with Crippen LogP contribution < -0.4 is 10.2 Å². The molecule has 0 fully saturated rings. The maximum atomic E-state index is 12.2. The van der Waals surface area contributed by atoms with Crippen molar-refractivity contribution in [2.24, 2.45) is 0 Å². The Hall–Kier alpha value is -2.48. The summed E-state index contributed by atoms with van der Waals surface area (Å²) in [6.07, 6.45) is 0.637. The van der Waals surface area contributed by atoms with Gasteiger partial charge in [0.1, 0.15) is 0 Å². The summed E-state index contributed by atoms with van der Waals surface area (Å²) >= 11 is 0. The van der Waals surface area contributed by atoms with Gasteiger partial charge >= 0.3 is 12.0 Å². The number of fused-ring (bicyclic) bond motifs is 1. The molecule has 1 aromatic carbocycles. The first kappa shape index (κ1) is 14.9. The minimum absolute atomic E-state index is 0.0299. The number of para-hydroxylation sites is 1. The molecule has 5 heteroatoms. The standard InChI is InChI=1S/C16H18N2O3/c1-2-3-6-9-17-16(21)18-11-12(10-15(19)20)13-7-4-5-8-14(13)18/h4-5,7-8,12H,6,9-11H2,1H3,(H,17,21)(H,19,20). The number of carbonyl (C=O) groups is 2. The Balaban J connectivity index is 2.08. The molecule has 0 bridgehead atoms. The second kappa shape index (κ2) is 6.80. The molecule has 2 N–H and O–H groups in total. The molecule has 21 heavy (non-hydrogen) atoms. The summed E-state index contributed by atoms with van der Waals surface area (Å²) in [5, 5.41) is 11.8. The van der Waals surface area contributed by atoms with E-state index >= 15 is 0 Å². The fourth-order valence-corrected chi connectivity index (χ4v) is 2.53. The Labute approximate surface area is 124 Å². The number of nitrogens with zero attached hydrogens (tertiary/aromatic N) is 1. The van der Waals surface area contributed by atoms with Crippen LogP contribution in [0.4, 0.5) is 10.5 Å². The van der Waals surface area contributed by atoms with E-state index in [4.69, 9.17) is 5.11 Å². The van der Waals surface area contributed by atoms with E-state index in [-0.39, 0.29) is 18.4 Å². The Morgan fingerprint density at radius 1 is 1.43 bits per heavy atom. The Kier molecular flexibility index (Phi) is 4.83. The average molecular weight is 286 g/mol. The van der Waals surface area contributed by atoms with Gasteiger partial charge in [0.2, 0.25) is 0 Å². The quantitative estimate of drug-likeness (QED) is 0.658. The number of hydrogen-bond donors (Lipinski definition) is 2. The van der Waals surface area contributed by atoms with Gasteiger partial charge in [0, 0.05) is 31.1 Å². The highest BCUT2D eigenvalue weighted by atomic mass is 16.4. The van der Waals surface area contributed by atoms with Gasteiger partial charge in [-0.2, -0.15) is 0 Å². The third-order valence-corrected chi connectivity index (χ3v) is 3.44. The highest BCUT2D eigenvalue weighted by Gasteiger charge is 2.33. The van der Waals surface area contributed by atoms with Gasteiger partial charge in [-0.05, 0) is 18.6 Å². The summed E-state index contributed by atoms with van der Waals surface area (Å²) < 4.78 is 0. The Morgan fingerprint density at radius 3 is 2.90 bits per heavy atom. The summed E-state index contributed by atoms with van der Waals surface area (Å²) in [6.45, 7) is 2.65. The Bertz CT molecular complexity index is 601. The monoisotopic (exact) mass is 286 g/mol. The molecule has 110 valence electrons. The van der Waals surface area contributed by atoms with E-state index in [1.54, 1.807) is 11.8 Å². The van der Waals surface area contributed by atoms with Gasteiger partial charge in [-0.15, -0.1) is 11.8 Å². The van der Waals surface area contributed by atoms with Crippen molar-refractivity contribution in [2.75, 3.05) is 18.0 Å². The van der Waals surface area contributed by atoms with Crippen molar-refractivity contribution in [3.05, 3.63) is 29.8 Å². The molecule has 0 aliphatic carbocycles. The van der Waals surface area contributed by atoms with Gasteiger partial charge in [-0.1, -0.05) is 18.2 Å². The van der Waals surface area contributed by atoms with Crippen molar-refractivity contribution in [1.29, 1.82) is 0 Å². The fourth-order valence-electron chi connectivity index (χ4n) is 2.53. The number of amides is 2. The largest absolute Gasteiger partial charge is 0.481 e. The second-order valence-corrected chi connectivity index (χ2v) is 4.87. The summed E-state index contributed by atoms with van der Waals surface area (Å²) in [7, 11) is 0. The number of carboxylic acids is 1. The van der Waals surface area contributed by atoms with Crippen LogP contribution in [0.1, 0.15) is 31.2 Å². The van der Waals surface area contributed by atoms with Crippen molar-refractivity contribution in [1.82, 2.24) is 5.32 Å². The van der Waals surface area contributed by atoms with Crippen molar-refractivity contribution in [3.63, 3.8) is 0 Å². The molecule has 0 spiro atoms. The van der Waals surface area contributed by atoms with Crippen LogP contribution in [0, 0.1) is 11.8 Å². The molecule has 1 heterocycles. The zero-order valence-electron chi connectivity index (χ0n) is 11.9. The second-order valence-electron chi connectivity index (χ2n) is 4.87. The molecule has 5 nitrogen and oxygen atoms in total. The normalized spacial score (nSPS) is 15.9. The van der Waals surface area contributed by atoms with Crippen LogP contribution in [0.15, 0.2) is 24.3 Å². The number of hydrogen-bond acceptors (Lipinski definition) is 2. The van der Waals surface area contributed by atoms with Crippen LogP contribution in [-0.2, 0) is 4.79 Å². The molecular formula is C16H18N2O3. The minimum Gasteiger partial charge on any atom is -0.481 e. The van der Waals surface area contributed by atoms with Gasteiger partial charge < -0.3 is 10.4 Å². The first-order valence-corrected chi connectivity index (χ1v) is 6.89. The Morgan fingerprint density at radius 2 is 2.19 bits per heavy atom. The van der Waals surface area contributed by atoms with Crippen LogP contribution in [0.25, 0.3) is 0 Å². The zero-order chi connectivity index (χ0) is 15.2. The van der Waals surface area contributed by atoms with Crippen LogP contribution in [0.3, 0.4) is 0 Å². The molecule has 1 unspecified atom stereocenters. The maximum absolute atomic E-state index is 12.2. The molecule has 0 aromatic heterocycles. The lowest BCUT2D eigenvalue weighted by Gasteiger charge is -2.18. The SMILES string of the molecule is CC#CCCNC(=O)N1CC(CC(=O)O)c2ccccc21. The molecule has 1 atom stereocenters. The molecule has 0 saturated carbocycles. The van der Waals surface area contributed by atoms with Crippen molar-refractivity contribution < 1.29 is 14.7 Å². The van der Waals surface area contributed by atoms with Crippen LogP contribution in [-0.4, -0.2) is 30.2 Å². The average Bonchev–Trinajstić information content (AvgIpc) is 2.82. The van der Waals surface area contributed by atoms with Crippen molar-refractivity contribution in [2.45, 2.75) is 25.7 Å². The lowest BCUT2D eigenvalue weighted by Crippen LogP contribution is -2.39. The predicted molar refractivity (Wildman–Crippen MR) is 80.2 cm³/mol. The molecule has 0 saturated heterocycles. The third kappa shape index (κ3) is 3.54. The van der Waals surface area contributed by atoms with E-state index in [9.17, 15) is 9.59 Å². The first-order valence-electron chi connectivity index (χ1n) is 6.89. The number of nitrogens with one attached hydrogen (secondary N) is 1. The number of benzene rings is 1. The van der Waals surface area contributed by atoms with Crippen LogP contribution >= 0.6 is 0 Å². The van der Waals surface area contributed by atoms with E-state index in [0.717, 1.165) is 11.3 Å². The van der Waals surface area contributed by atoms with E-state index < -0.39 is 5.97 Å². The van der Waals surface area contributed by atoms with E-state index in [0.29, 0.717) is 19.5 Å². The summed E-state index contributed by atoms with van der Waals surface area (Å²) in [5.74, 6) is 4.66. The number of rotatable bonds is 4. The van der Waals surface area contributed by atoms with Crippen molar-refractivity contribution in [3.8, 4) is 11.8 Å². The first-order chi connectivity index (χ1) is 10.1. The summed E-state index contributed by atoms with van der Waals surface area (Å²) in [5.41, 5.74) is 1.71. The number of carbonyl (C=O) groups excluding carboxylic acids is 1. The summed E-state index contributed by atoms with van der Waals surface area (Å²) in [6, 6.07) is 7.26. The molecule has 2 rings (SSSR count). The van der Waals surface area contributed by atoms with Gasteiger partial charge in [0.15, 0.2) is 0 Å². The maximum Gasteiger partial charge on any atom is 0.321 e. The molecule has 2 amide bonds. The van der Waals surface area contributed by atoms with Gasteiger partial charge in [0.25, 0.3) is 0 Å². The number of anilines is 1. The van der Waals surface area contributed by atoms with E-state index in [1.807, 2.05) is 24.3 Å². The van der Waals surface area contributed by atoms with Crippen LogP contribution in [0.2, 0.25) is 0 Å². The van der Waals surface area contributed by atoms with E-state index in [1.165, 1.54) is 0 Å². The molecular weight excluding hydrogens is 268 g/mol. The molecule has 0 radical (unpaired) electrons. The fraction of sp³-hybridized carbons (Fsp3) is 0.375. The van der Waals surface area contributed by atoms with E-state index in [2.05, 4.69) is 17.2 Å². The number of urea groups is 1. The lowest BCUT2D eigenvalue weighted by molar-refractivity contribution is -0.137. The topological polar surface area (TPSA) is 69.6 Å². The highest BCUT2D eigenvalue weighted by molar-refractivity contribution is 5.95. The number of carboxylic acid groups (broad SMARTS) is 1. The van der Waals surface area contributed by atoms with Gasteiger partial charge in [-0.3, -0.25) is 9.69 Å². The molecule has 1 aliphatic rings. The van der Waals surface area contributed by atoms with Gasteiger partial charge in [0.05, 0.1) is 6.42 Å². The van der Waals surface area contributed by atoms with Gasteiger partial charge in [-0.25, -0.2) is 4.79 Å². The predicted octanol–water partition coefficient (Wildman–Crippen LogP) is 2.19. The number of aliphatic carboxylic acids is 1. The lowest BCUT2D eigenvalue weighted by atomic mass is 9.98. The highest BCUT2D eigenvalue weighted by Crippen LogP contribution is 2.37. The van der Waals surface area contributed by atoms with Crippen molar-refractivity contribution >= 4 is 17.7 Å². The smallest absolute Gasteiger partial charge is 0.321 e. The van der Waals surface area contributed by atoms with Crippen LogP contribution in [0.5, 0.6) is 0 Å². The molecule has 1 aromatic rings. The summed E-state index contributed by atoms with van der Waals surface area (Å²) in [4.78, 5) is 24.8. The zero-order valence-corrected chi connectivity index (χ0v) is 11.9. The minimum atomic E-state index is -0.852.